The van der Waals surface area contributed by atoms with Crippen LogP contribution in [0.25, 0.3) is 0 Å². The van der Waals surface area contributed by atoms with E-state index in [9.17, 15) is 4.79 Å². The van der Waals surface area contributed by atoms with E-state index in [1.54, 1.807) is 0 Å². The Morgan fingerprint density at radius 1 is 1.47 bits per heavy atom. The van der Waals surface area contributed by atoms with Crippen molar-refractivity contribution in [3.8, 4) is 0 Å². The lowest BCUT2D eigenvalue weighted by Crippen LogP contribution is -2.45. The molecule has 1 aliphatic heterocycles. The van der Waals surface area contributed by atoms with E-state index in [4.69, 9.17) is 4.74 Å². The lowest BCUT2D eigenvalue weighted by molar-refractivity contribution is 0.0102. The summed E-state index contributed by atoms with van der Waals surface area (Å²) in [5.41, 5.74) is -0.412. The molecule has 0 radical (unpaired) electrons. The van der Waals surface area contributed by atoms with Crippen LogP contribution in [-0.2, 0) is 4.74 Å². The molecule has 0 aromatic rings. The average molecular weight is 304 g/mol. The zero-order chi connectivity index (χ0) is 12.9. The molecule has 17 heavy (non-hydrogen) atoms. The second kappa shape index (κ2) is 6.43. The highest BCUT2D eigenvalue weighted by molar-refractivity contribution is 9.11. The minimum absolute atomic E-state index is 0.176. The number of carbonyl (C=O) groups is 1. The highest BCUT2D eigenvalue weighted by Gasteiger charge is 2.29. The van der Waals surface area contributed by atoms with Crippen LogP contribution in [0.2, 0.25) is 0 Å². The van der Waals surface area contributed by atoms with Crippen LogP contribution < -0.4 is 0 Å². The van der Waals surface area contributed by atoms with Crippen LogP contribution >= 0.6 is 15.9 Å². The van der Waals surface area contributed by atoms with Crippen LogP contribution in [0, 0.1) is 0 Å². The minimum Gasteiger partial charge on any atom is -0.444 e. The molecule has 1 heterocycles. The zero-order valence-corrected chi connectivity index (χ0v) is 12.5. The van der Waals surface area contributed by atoms with Crippen LogP contribution in [0.15, 0.2) is 11.1 Å². The molecule has 1 saturated heterocycles. The molecular weight excluding hydrogens is 282 g/mol. The molecule has 3 nitrogen and oxygen atoms in total. The number of rotatable bonds is 2. The van der Waals surface area contributed by atoms with Gasteiger partial charge in [-0.1, -0.05) is 22.0 Å². The van der Waals surface area contributed by atoms with Crippen LogP contribution in [0.1, 0.15) is 46.5 Å². The Morgan fingerprint density at radius 2 is 2.18 bits per heavy atom. The molecule has 1 rings (SSSR count). The van der Waals surface area contributed by atoms with Crippen molar-refractivity contribution >= 4 is 22.0 Å². The fourth-order valence-electron chi connectivity index (χ4n) is 2.02. The van der Waals surface area contributed by atoms with Crippen molar-refractivity contribution in [3.05, 3.63) is 11.1 Å². The number of ether oxygens (including phenoxy) is 1. The van der Waals surface area contributed by atoms with Crippen molar-refractivity contribution in [2.75, 3.05) is 6.54 Å². The fraction of sp³-hybridized carbons (Fsp3) is 0.769. The molecule has 0 aliphatic carbocycles. The van der Waals surface area contributed by atoms with Gasteiger partial charge >= 0.3 is 6.09 Å². The number of nitrogens with zero attached hydrogens (tertiary/aromatic N) is 1. The van der Waals surface area contributed by atoms with Gasteiger partial charge in [-0.25, -0.2) is 4.79 Å². The lowest BCUT2D eigenvalue weighted by atomic mass is 10.00. The SMILES string of the molecule is CC(C)(C)OC(=O)N1CCCCC1CC=CBr. The minimum atomic E-state index is -0.412. The number of amides is 1. The quantitative estimate of drug-likeness (QED) is 0.769. The van der Waals surface area contributed by atoms with Gasteiger partial charge in [0.05, 0.1) is 0 Å². The van der Waals surface area contributed by atoms with Gasteiger partial charge in [0.25, 0.3) is 0 Å². The molecular formula is C13H22BrNO2. The molecule has 0 N–H and O–H groups in total. The van der Waals surface area contributed by atoms with E-state index in [0.717, 1.165) is 25.8 Å². The molecule has 4 heteroatoms. The number of likely N-dealkylation sites (tertiary alicyclic amines) is 1. The van der Waals surface area contributed by atoms with Crippen molar-refractivity contribution < 1.29 is 9.53 Å². The van der Waals surface area contributed by atoms with Gasteiger partial charge in [0.2, 0.25) is 0 Å². The van der Waals surface area contributed by atoms with Crippen LogP contribution in [0.5, 0.6) is 0 Å². The number of hydrogen-bond acceptors (Lipinski definition) is 2. The second-order valence-corrected chi connectivity index (χ2v) is 5.95. The third-order valence-electron chi connectivity index (χ3n) is 2.75. The first-order valence-corrected chi connectivity index (χ1v) is 7.10. The molecule has 0 saturated carbocycles. The standard InChI is InChI=1S/C13H22BrNO2/c1-13(2,3)17-12(16)15-10-5-4-7-11(15)8-6-9-14/h6,9,11H,4-5,7-8,10H2,1-3H3. The van der Waals surface area contributed by atoms with Gasteiger partial charge in [0.1, 0.15) is 5.60 Å². The highest BCUT2D eigenvalue weighted by Crippen LogP contribution is 2.22. The van der Waals surface area contributed by atoms with Gasteiger partial charge in [-0.05, 0) is 51.4 Å². The van der Waals surface area contributed by atoms with E-state index in [1.807, 2.05) is 36.7 Å². The highest BCUT2D eigenvalue weighted by atomic mass is 79.9. The predicted octanol–water partition coefficient (Wildman–Crippen LogP) is 4.07. The topological polar surface area (TPSA) is 29.5 Å². The maximum absolute atomic E-state index is 12.1. The van der Waals surface area contributed by atoms with E-state index < -0.39 is 5.60 Å². The Kier molecular flexibility index (Phi) is 5.50. The smallest absolute Gasteiger partial charge is 0.410 e. The number of piperidine rings is 1. The summed E-state index contributed by atoms with van der Waals surface area (Å²) in [7, 11) is 0. The van der Waals surface area contributed by atoms with Crippen LogP contribution in [-0.4, -0.2) is 29.2 Å². The van der Waals surface area contributed by atoms with E-state index in [1.165, 1.54) is 6.42 Å². The van der Waals surface area contributed by atoms with Crippen molar-refractivity contribution in [3.63, 3.8) is 0 Å². The van der Waals surface area contributed by atoms with E-state index in [0.29, 0.717) is 0 Å². The normalized spacial score (nSPS) is 21.9. The Morgan fingerprint density at radius 3 is 2.76 bits per heavy atom. The number of hydrogen-bond donors (Lipinski definition) is 0. The maximum Gasteiger partial charge on any atom is 0.410 e. The van der Waals surface area contributed by atoms with Crippen molar-refractivity contribution in [2.24, 2.45) is 0 Å². The Balaban J connectivity index is 2.60. The fourth-order valence-corrected chi connectivity index (χ4v) is 2.23. The van der Waals surface area contributed by atoms with Gasteiger partial charge in [0, 0.05) is 12.6 Å². The monoisotopic (exact) mass is 303 g/mol. The molecule has 1 unspecified atom stereocenters. The summed E-state index contributed by atoms with van der Waals surface area (Å²) in [6, 6.07) is 0.285. The summed E-state index contributed by atoms with van der Waals surface area (Å²) in [6.07, 6.45) is 6.10. The largest absolute Gasteiger partial charge is 0.444 e. The lowest BCUT2D eigenvalue weighted by Gasteiger charge is -2.36. The molecule has 1 aliphatic rings. The first-order chi connectivity index (χ1) is 7.94. The van der Waals surface area contributed by atoms with Gasteiger partial charge in [-0.3, -0.25) is 0 Å². The molecule has 0 aromatic heterocycles. The Labute approximate surface area is 112 Å². The van der Waals surface area contributed by atoms with Crippen LogP contribution in [0.3, 0.4) is 0 Å². The molecule has 1 amide bonds. The molecule has 1 atom stereocenters. The number of carbonyl (C=O) groups excluding carboxylic acids is 1. The average Bonchev–Trinajstić information content (AvgIpc) is 2.24. The van der Waals surface area contributed by atoms with E-state index in [-0.39, 0.29) is 12.1 Å². The van der Waals surface area contributed by atoms with Crippen molar-refractivity contribution in [1.29, 1.82) is 0 Å². The van der Waals surface area contributed by atoms with Gasteiger partial charge in [0.15, 0.2) is 0 Å². The van der Waals surface area contributed by atoms with Crippen LogP contribution in [0.4, 0.5) is 4.79 Å². The van der Waals surface area contributed by atoms with E-state index in [2.05, 4.69) is 15.9 Å². The summed E-state index contributed by atoms with van der Waals surface area (Å²) in [4.78, 5) is 15.8. The van der Waals surface area contributed by atoms with Crippen molar-refractivity contribution in [2.45, 2.75) is 58.1 Å². The third-order valence-corrected chi connectivity index (χ3v) is 3.13. The maximum atomic E-state index is 12.1. The molecule has 0 spiro atoms. The van der Waals surface area contributed by atoms with Gasteiger partial charge in [-0.2, -0.15) is 0 Å². The number of halogens is 1. The Bertz CT molecular complexity index is 284. The molecule has 98 valence electrons. The second-order valence-electron chi connectivity index (χ2n) is 5.42. The Hall–Kier alpha value is -0.510. The first kappa shape index (κ1) is 14.6. The van der Waals surface area contributed by atoms with Gasteiger partial charge < -0.3 is 9.64 Å². The molecule has 0 aromatic carbocycles. The first-order valence-electron chi connectivity index (χ1n) is 6.19. The predicted molar refractivity (Wildman–Crippen MR) is 73.3 cm³/mol. The summed E-state index contributed by atoms with van der Waals surface area (Å²) in [5.74, 6) is 0. The zero-order valence-electron chi connectivity index (χ0n) is 10.9. The summed E-state index contributed by atoms with van der Waals surface area (Å²) in [6.45, 7) is 6.53. The van der Waals surface area contributed by atoms with E-state index >= 15 is 0 Å². The molecule has 1 fully saturated rings. The van der Waals surface area contributed by atoms with Crippen molar-refractivity contribution in [1.82, 2.24) is 4.90 Å². The summed E-state index contributed by atoms with van der Waals surface area (Å²) >= 11 is 3.27. The molecule has 0 bridgehead atoms. The third kappa shape index (κ3) is 5.11. The summed E-state index contributed by atoms with van der Waals surface area (Å²) < 4.78 is 5.44. The summed E-state index contributed by atoms with van der Waals surface area (Å²) in [5, 5.41) is 0. The van der Waals surface area contributed by atoms with Gasteiger partial charge in [-0.15, -0.1) is 0 Å².